The molecule has 7 nitrogen and oxygen atoms in total. The summed E-state index contributed by atoms with van der Waals surface area (Å²) >= 11 is 0. The summed E-state index contributed by atoms with van der Waals surface area (Å²) in [6.45, 7) is 1.73. The van der Waals surface area contributed by atoms with E-state index in [1.165, 1.54) is 6.92 Å². The van der Waals surface area contributed by atoms with Gasteiger partial charge in [-0.15, -0.1) is 0 Å². The second kappa shape index (κ2) is 5.18. The van der Waals surface area contributed by atoms with E-state index < -0.39 is 17.4 Å². The van der Waals surface area contributed by atoms with Gasteiger partial charge < -0.3 is 15.4 Å². The molecule has 0 fully saturated rings. The van der Waals surface area contributed by atoms with Gasteiger partial charge in [0.05, 0.1) is 11.9 Å². The second-order valence-corrected chi connectivity index (χ2v) is 5.29. The first-order valence-corrected chi connectivity index (χ1v) is 6.84. The lowest BCUT2D eigenvalue weighted by Crippen LogP contribution is -2.58. The minimum atomic E-state index is -1.60. The van der Waals surface area contributed by atoms with E-state index >= 15 is 0 Å². The predicted octanol–water partition coefficient (Wildman–Crippen LogP) is 0.826. The minimum absolute atomic E-state index is 0.278. The Kier molecular flexibility index (Phi) is 3.32. The van der Waals surface area contributed by atoms with Crippen molar-refractivity contribution in [1.82, 2.24) is 15.1 Å². The Morgan fingerprint density at radius 1 is 1.45 bits per heavy atom. The van der Waals surface area contributed by atoms with Gasteiger partial charge in [-0.1, -0.05) is 12.1 Å². The van der Waals surface area contributed by atoms with E-state index in [9.17, 15) is 9.59 Å². The van der Waals surface area contributed by atoms with E-state index in [1.54, 1.807) is 48.4 Å². The highest BCUT2D eigenvalue weighted by Gasteiger charge is 2.47. The maximum atomic E-state index is 12.4. The maximum absolute atomic E-state index is 12.4. The first kappa shape index (κ1) is 14.1. The summed E-state index contributed by atoms with van der Waals surface area (Å²) in [4.78, 5) is 24.6. The number of ether oxygens (including phenoxy) is 1. The third-order valence-electron chi connectivity index (χ3n) is 3.53. The Morgan fingerprint density at radius 3 is 2.95 bits per heavy atom. The van der Waals surface area contributed by atoms with E-state index in [1.807, 2.05) is 0 Å². The Balaban J connectivity index is 1.75. The van der Waals surface area contributed by atoms with E-state index in [4.69, 9.17) is 4.74 Å². The van der Waals surface area contributed by atoms with Gasteiger partial charge in [0.1, 0.15) is 5.75 Å². The Hall–Kier alpha value is -2.83. The molecule has 1 aromatic heterocycles. The van der Waals surface area contributed by atoms with Crippen LogP contribution in [0.15, 0.2) is 36.7 Å². The van der Waals surface area contributed by atoms with Crippen LogP contribution in [0.25, 0.3) is 0 Å². The lowest BCUT2D eigenvalue weighted by molar-refractivity contribution is -0.146. The molecule has 1 aliphatic rings. The molecule has 0 spiro atoms. The van der Waals surface area contributed by atoms with Crippen molar-refractivity contribution in [2.75, 3.05) is 5.32 Å². The highest BCUT2D eigenvalue weighted by molar-refractivity contribution is 6.15. The van der Waals surface area contributed by atoms with Crippen molar-refractivity contribution in [3.8, 4) is 5.75 Å². The summed E-state index contributed by atoms with van der Waals surface area (Å²) in [5.41, 5.74) is -0.197. The van der Waals surface area contributed by atoms with Gasteiger partial charge in [0.2, 0.25) is 0 Å². The van der Waals surface area contributed by atoms with Crippen LogP contribution in [-0.4, -0.2) is 27.2 Å². The van der Waals surface area contributed by atoms with E-state index in [0.717, 1.165) is 5.56 Å². The van der Waals surface area contributed by atoms with Crippen LogP contribution in [-0.2, 0) is 23.2 Å². The quantitative estimate of drug-likeness (QED) is 0.822. The fraction of sp³-hybridized carbons (Fsp3) is 0.267. The first-order valence-electron chi connectivity index (χ1n) is 6.84. The number of amides is 2. The molecule has 1 aliphatic heterocycles. The number of rotatable bonds is 3. The summed E-state index contributed by atoms with van der Waals surface area (Å²) in [5.74, 6) is -0.514. The van der Waals surface area contributed by atoms with Crippen molar-refractivity contribution in [3.63, 3.8) is 0 Å². The molecule has 114 valence electrons. The molecule has 1 unspecified atom stereocenters. The Bertz CT molecular complexity index is 740. The normalized spacial score (nSPS) is 19.8. The summed E-state index contributed by atoms with van der Waals surface area (Å²) < 4.78 is 7.28. The molecule has 22 heavy (non-hydrogen) atoms. The second-order valence-electron chi connectivity index (χ2n) is 5.29. The van der Waals surface area contributed by atoms with Crippen LogP contribution >= 0.6 is 0 Å². The van der Waals surface area contributed by atoms with Gasteiger partial charge >= 0.3 is 0 Å². The third-order valence-corrected chi connectivity index (χ3v) is 3.53. The molecule has 7 heteroatoms. The number of hydrogen-bond acceptors (Lipinski definition) is 4. The van der Waals surface area contributed by atoms with E-state index in [0.29, 0.717) is 11.4 Å². The van der Waals surface area contributed by atoms with Crippen molar-refractivity contribution in [2.24, 2.45) is 7.05 Å². The molecule has 3 rings (SSSR count). The molecule has 2 aromatic rings. The lowest BCUT2D eigenvalue weighted by Gasteiger charge is -2.33. The van der Waals surface area contributed by atoms with Crippen molar-refractivity contribution >= 4 is 17.5 Å². The Morgan fingerprint density at radius 2 is 2.23 bits per heavy atom. The number of benzene rings is 1. The maximum Gasteiger partial charge on any atom is 0.278 e. The number of para-hydroxylation sites is 2. The van der Waals surface area contributed by atoms with Gasteiger partial charge in [-0.3, -0.25) is 14.3 Å². The SMILES string of the molecule is Cn1cc(CNC(=O)C2(C)Oc3ccccc3NC2=O)cn1. The number of carbonyl (C=O) groups excluding carboxylic acids is 2. The highest BCUT2D eigenvalue weighted by Crippen LogP contribution is 2.33. The number of fused-ring (bicyclic) bond motifs is 1. The van der Waals surface area contributed by atoms with Gasteiger partial charge in [-0.2, -0.15) is 5.10 Å². The summed E-state index contributed by atoms with van der Waals surface area (Å²) in [6, 6.07) is 7.00. The molecule has 0 saturated carbocycles. The summed E-state index contributed by atoms with van der Waals surface area (Å²) in [5, 5.41) is 9.42. The average molecular weight is 300 g/mol. The standard InChI is InChI=1S/C15H16N4O3/c1-15(13(20)16-7-10-8-17-19(2)9-10)14(21)18-11-5-3-4-6-12(11)22-15/h3-6,8-9H,7H2,1-2H3,(H,16,20)(H,18,21). The summed E-state index contributed by atoms with van der Waals surface area (Å²) in [7, 11) is 1.79. The van der Waals surface area contributed by atoms with Crippen LogP contribution in [0.2, 0.25) is 0 Å². The Labute approximate surface area is 127 Å². The van der Waals surface area contributed by atoms with Gasteiger partial charge in [0.15, 0.2) is 0 Å². The van der Waals surface area contributed by atoms with Crippen LogP contribution in [0.4, 0.5) is 5.69 Å². The molecular weight excluding hydrogens is 284 g/mol. The van der Waals surface area contributed by atoms with E-state index in [-0.39, 0.29) is 6.54 Å². The average Bonchev–Trinajstić information content (AvgIpc) is 2.91. The predicted molar refractivity (Wildman–Crippen MR) is 79.2 cm³/mol. The zero-order chi connectivity index (χ0) is 15.7. The number of hydrogen-bond donors (Lipinski definition) is 2. The molecule has 2 N–H and O–H groups in total. The minimum Gasteiger partial charge on any atom is -0.466 e. The molecule has 2 heterocycles. The van der Waals surface area contributed by atoms with Gasteiger partial charge in [0.25, 0.3) is 17.4 Å². The largest absolute Gasteiger partial charge is 0.466 e. The van der Waals surface area contributed by atoms with Crippen LogP contribution in [0.3, 0.4) is 0 Å². The first-order chi connectivity index (χ1) is 10.5. The molecule has 1 atom stereocenters. The third kappa shape index (κ3) is 2.41. The molecule has 2 amide bonds. The zero-order valence-electron chi connectivity index (χ0n) is 12.3. The number of aryl methyl sites for hydroxylation is 1. The zero-order valence-corrected chi connectivity index (χ0v) is 12.3. The fourth-order valence-corrected chi connectivity index (χ4v) is 2.23. The monoisotopic (exact) mass is 300 g/mol. The van der Waals surface area contributed by atoms with Crippen LogP contribution in [0.5, 0.6) is 5.75 Å². The van der Waals surface area contributed by atoms with Crippen LogP contribution < -0.4 is 15.4 Å². The van der Waals surface area contributed by atoms with Gasteiger partial charge in [0, 0.05) is 25.4 Å². The van der Waals surface area contributed by atoms with E-state index in [2.05, 4.69) is 15.7 Å². The van der Waals surface area contributed by atoms with Crippen LogP contribution in [0.1, 0.15) is 12.5 Å². The lowest BCUT2D eigenvalue weighted by atomic mass is 10.0. The van der Waals surface area contributed by atoms with Crippen LogP contribution in [0, 0.1) is 0 Å². The van der Waals surface area contributed by atoms with Crippen molar-refractivity contribution in [1.29, 1.82) is 0 Å². The smallest absolute Gasteiger partial charge is 0.278 e. The topological polar surface area (TPSA) is 85.3 Å². The van der Waals surface area contributed by atoms with Crippen molar-refractivity contribution < 1.29 is 14.3 Å². The van der Waals surface area contributed by atoms with Gasteiger partial charge in [-0.05, 0) is 19.1 Å². The van der Waals surface area contributed by atoms with Crippen molar-refractivity contribution in [3.05, 3.63) is 42.2 Å². The number of nitrogens with zero attached hydrogens (tertiary/aromatic N) is 2. The molecule has 0 saturated heterocycles. The van der Waals surface area contributed by atoms with Crippen molar-refractivity contribution in [2.45, 2.75) is 19.1 Å². The molecule has 0 radical (unpaired) electrons. The highest BCUT2D eigenvalue weighted by atomic mass is 16.5. The molecule has 0 bridgehead atoms. The molecule has 1 aromatic carbocycles. The fourth-order valence-electron chi connectivity index (χ4n) is 2.23. The number of anilines is 1. The summed E-state index contributed by atoms with van der Waals surface area (Å²) in [6.07, 6.45) is 3.44. The number of carbonyl (C=O) groups is 2. The number of nitrogens with one attached hydrogen (secondary N) is 2. The molecule has 0 aliphatic carbocycles. The molecular formula is C15H16N4O3. The van der Waals surface area contributed by atoms with Gasteiger partial charge in [-0.25, -0.2) is 0 Å². The number of aromatic nitrogens is 2.